The van der Waals surface area contributed by atoms with E-state index in [2.05, 4.69) is 10.3 Å². The van der Waals surface area contributed by atoms with Crippen molar-refractivity contribution in [1.82, 2.24) is 19.9 Å². The van der Waals surface area contributed by atoms with Gasteiger partial charge < -0.3 is 10.0 Å². The molecule has 116 valence electrons. The van der Waals surface area contributed by atoms with Crippen LogP contribution in [0.4, 0.5) is 4.39 Å². The molecule has 1 saturated heterocycles. The Morgan fingerprint density at radius 1 is 1.50 bits per heavy atom. The third-order valence-corrected chi connectivity index (χ3v) is 3.97. The number of carbonyl (C=O) groups excluding carboxylic acids is 1. The van der Waals surface area contributed by atoms with Gasteiger partial charge in [-0.3, -0.25) is 4.79 Å². The van der Waals surface area contributed by atoms with Gasteiger partial charge in [0.15, 0.2) is 5.69 Å². The Labute approximate surface area is 127 Å². The van der Waals surface area contributed by atoms with E-state index in [0.717, 1.165) is 12.8 Å². The molecule has 0 radical (unpaired) electrons. The Kier molecular flexibility index (Phi) is 3.89. The molecular formula is C15H17FN4O2. The fourth-order valence-electron chi connectivity index (χ4n) is 2.80. The van der Waals surface area contributed by atoms with Gasteiger partial charge in [0, 0.05) is 6.54 Å². The molecular weight excluding hydrogens is 287 g/mol. The summed E-state index contributed by atoms with van der Waals surface area (Å²) in [5, 5.41) is 17.2. The Morgan fingerprint density at radius 3 is 3.05 bits per heavy atom. The van der Waals surface area contributed by atoms with Crippen LogP contribution in [0.3, 0.4) is 0 Å². The van der Waals surface area contributed by atoms with Gasteiger partial charge in [-0.1, -0.05) is 5.21 Å². The number of amides is 1. The molecule has 0 aliphatic carbocycles. The lowest BCUT2D eigenvalue weighted by Gasteiger charge is -2.21. The number of hydrogen-bond acceptors (Lipinski definition) is 4. The van der Waals surface area contributed by atoms with Crippen LogP contribution in [0, 0.1) is 12.7 Å². The molecule has 1 N–H and O–H groups in total. The zero-order chi connectivity index (χ0) is 15.7. The van der Waals surface area contributed by atoms with Crippen LogP contribution < -0.4 is 0 Å². The average molecular weight is 304 g/mol. The maximum atomic E-state index is 13.2. The minimum Gasteiger partial charge on any atom is -0.394 e. The van der Waals surface area contributed by atoms with Crippen molar-refractivity contribution in [2.45, 2.75) is 25.8 Å². The maximum absolute atomic E-state index is 13.2. The second kappa shape index (κ2) is 5.84. The van der Waals surface area contributed by atoms with E-state index >= 15 is 0 Å². The monoisotopic (exact) mass is 304 g/mol. The smallest absolute Gasteiger partial charge is 0.276 e. The van der Waals surface area contributed by atoms with Crippen LogP contribution in [0.2, 0.25) is 0 Å². The number of aromatic nitrogens is 3. The highest BCUT2D eigenvalue weighted by molar-refractivity contribution is 5.92. The third kappa shape index (κ3) is 2.59. The number of hydrogen-bond donors (Lipinski definition) is 1. The van der Waals surface area contributed by atoms with Gasteiger partial charge in [-0.2, -0.15) is 0 Å². The van der Waals surface area contributed by atoms with Crippen LogP contribution in [0.15, 0.2) is 24.4 Å². The van der Waals surface area contributed by atoms with Gasteiger partial charge >= 0.3 is 0 Å². The molecule has 0 bridgehead atoms. The number of aryl methyl sites for hydroxylation is 1. The summed E-state index contributed by atoms with van der Waals surface area (Å²) in [5.41, 5.74) is 1.61. The van der Waals surface area contributed by atoms with E-state index in [0.29, 0.717) is 17.8 Å². The number of carbonyl (C=O) groups is 1. The molecule has 1 fully saturated rings. The van der Waals surface area contributed by atoms with Crippen LogP contribution in [-0.2, 0) is 0 Å². The summed E-state index contributed by atoms with van der Waals surface area (Å²) in [5.74, 6) is -0.553. The number of nitrogens with zero attached hydrogens (tertiary/aromatic N) is 4. The molecule has 6 nitrogen and oxygen atoms in total. The minimum absolute atomic E-state index is 0.0447. The second-order valence-electron chi connectivity index (χ2n) is 5.46. The van der Waals surface area contributed by atoms with Gasteiger partial charge in [0.1, 0.15) is 5.82 Å². The summed E-state index contributed by atoms with van der Waals surface area (Å²) in [7, 11) is 0. The van der Waals surface area contributed by atoms with Gasteiger partial charge in [-0.15, -0.1) is 5.10 Å². The molecule has 1 aliphatic heterocycles. The summed E-state index contributed by atoms with van der Waals surface area (Å²) in [6.45, 7) is 2.34. The molecule has 22 heavy (non-hydrogen) atoms. The maximum Gasteiger partial charge on any atom is 0.276 e. The van der Waals surface area contributed by atoms with Gasteiger partial charge in [-0.25, -0.2) is 9.07 Å². The molecule has 1 aliphatic rings. The van der Waals surface area contributed by atoms with E-state index < -0.39 is 0 Å². The lowest BCUT2D eigenvalue weighted by Crippen LogP contribution is -2.37. The molecule has 0 spiro atoms. The fourth-order valence-corrected chi connectivity index (χ4v) is 2.80. The molecule has 1 amide bonds. The van der Waals surface area contributed by atoms with Crippen molar-refractivity contribution < 1.29 is 14.3 Å². The first-order valence-electron chi connectivity index (χ1n) is 7.21. The lowest BCUT2D eigenvalue weighted by molar-refractivity contribution is 0.0671. The van der Waals surface area contributed by atoms with E-state index in [4.69, 9.17) is 0 Å². The first-order chi connectivity index (χ1) is 10.6. The molecule has 1 aromatic heterocycles. The van der Waals surface area contributed by atoms with Crippen molar-refractivity contribution in [3.05, 3.63) is 41.5 Å². The largest absolute Gasteiger partial charge is 0.394 e. The van der Waals surface area contributed by atoms with Crippen molar-refractivity contribution in [2.24, 2.45) is 0 Å². The normalized spacial score (nSPS) is 18.0. The molecule has 7 heteroatoms. The zero-order valence-electron chi connectivity index (χ0n) is 12.2. The summed E-state index contributed by atoms with van der Waals surface area (Å²) in [4.78, 5) is 14.1. The number of halogens is 1. The standard InChI is InChI=1S/C15H17FN4O2/c1-10-7-11(16)4-5-14(10)20-8-13(17-18-20)15(22)19-6-2-3-12(19)9-21/h4-5,7-8,12,21H,2-3,6,9H2,1H3/t12-/m1/s1. The summed E-state index contributed by atoms with van der Waals surface area (Å²) < 4.78 is 14.6. The highest BCUT2D eigenvalue weighted by Crippen LogP contribution is 2.20. The van der Waals surface area contributed by atoms with Crippen molar-refractivity contribution in [3.8, 4) is 5.69 Å². The third-order valence-electron chi connectivity index (χ3n) is 3.97. The lowest BCUT2D eigenvalue weighted by atomic mass is 10.2. The zero-order valence-corrected chi connectivity index (χ0v) is 12.2. The number of likely N-dealkylation sites (tertiary alicyclic amines) is 1. The van der Waals surface area contributed by atoms with Gasteiger partial charge in [0.25, 0.3) is 5.91 Å². The van der Waals surface area contributed by atoms with Gasteiger partial charge in [-0.05, 0) is 43.5 Å². The summed E-state index contributed by atoms with van der Waals surface area (Å²) in [6, 6.07) is 4.19. The van der Waals surface area contributed by atoms with Crippen LogP contribution in [-0.4, -0.2) is 50.1 Å². The van der Waals surface area contributed by atoms with E-state index in [1.807, 2.05) is 0 Å². The highest BCUT2D eigenvalue weighted by atomic mass is 19.1. The molecule has 2 heterocycles. The molecule has 1 aromatic carbocycles. The van der Waals surface area contributed by atoms with Crippen LogP contribution in [0.25, 0.3) is 5.69 Å². The van der Waals surface area contributed by atoms with Crippen molar-refractivity contribution in [3.63, 3.8) is 0 Å². The van der Waals surface area contributed by atoms with Crippen LogP contribution in [0.1, 0.15) is 28.9 Å². The molecule has 1 atom stereocenters. The van der Waals surface area contributed by atoms with Crippen LogP contribution >= 0.6 is 0 Å². The molecule has 0 saturated carbocycles. The van der Waals surface area contributed by atoms with Crippen LogP contribution in [0.5, 0.6) is 0 Å². The number of aliphatic hydroxyl groups is 1. The van der Waals surface area contributed by atoms with Gasteiger partial charge in [0.05, 0.1) is 24.5 Å². The van der Waals surface area contributed by atoms with Crippen molar-refractivity contribution in [2.75, 3.05) is 13.2 Å². The predicted octanol–water partition coefficient (Wildman–Crippen LogP) is 1.31. The SMILES string of the molecule is Cc1cc(F)ccc1-n1cc(C(=O)N2CCC[C@@H]2CO)nn1. The van der Waals surface area contributed by atoms with E-state index in [9.17, 15) is 14.3 Å². The quantitative estimate of drug-likeness (QED) is 0.928. The van der Waals surface area contributed by atoms with Gasteiger partial charge in [0.2, 0.25) is 0 Å². The molecule has 2 aromatic rings. The van der Waals surface area contributed by atoms with E-state index in [1.54, 1.807) is 17.9 Å². The molecule has 0 unspecified atom stereocenters. The van der Waals surface area contributed by atoms with Crippen molar-refractivity contribution >= 4 is 5.91 Å². The minimum atomic E-state index is -0.319. The van der Waals surface area contributed by atoms with Crippen molar-refractivity contribution in [1.29, 1.82) is 0 Å². The summed E-state index contributed by atoms with van der Waals surface area (Å²) >= 11 is 0. The number of rotatable bonds is 3. The Balaban J connectivity index is 1.86. The second-order valence-corrected chi connectivity index (χ2v) is 5.46. The first kappa shape index (κ1) is 14.6. The predicted molar refractivity (Wildman–Crippen MR) is 77.2 cm³/mol. The summed E-state index contributed by atoms with van der Waals surface area (Å²) in [6.07, 6.45) is 3.21. The van der Waals surface area contributed by atoms with E-state index in [-0.39, 0.29) is 30.1 Å². The number of benzene rings is 1. The highest BCUT2D eigenvalue weighted by Gasteiger charge is 2.30. The fraction of sp³-hybridized carbons (Fsp3) is 0.400. The molecule has 3 rings (SSSR count). The first-order valence-corrected chi connectivity index (χ1v) is 7.21. The Hall–Kier alpha value is -2.28. The Bertz CT molecular complexity index is 701. The van der Waals surface area contributed by atoms with E-state index in [1.165, 1.54) is 23.0 Å². The Morgan fingerprint density at radius 2 is 2.32 bits per heavy atom. The topological polar surface area (TPSA) is 71.2 Å². The number of aliphatic hydroxyl groups excluding tert-OH is 1. The average Bonchev–Trinajstić information content (AvgIpc) is 3.15.